The molecule has 2 aromatic rings. The van der Waals surface area contributed by atoms with Crippen molar-refractivity contribution < 1.29 is 9.90 Å². The van der Waals surface area contributed by atoms with Crippen LogP contribution < -0.4 is 0 Å². The van der Waals surface area contributed by atoms with E-state index < -0.39 is 5.97 Å². The van der Waals surface area contributed by atoms with Crippen molar-refractivity contribution in [2.45, 2.75) is 13.5 Å². The number of aryl methyl sites for hydroxylation is 1. The lowest BCUT2D eigenvalue weighted by Gasteiger charge is -2.01. The fourth-order valence-electron chi connectivity index (χ4n) is 1.75. The van der Waals surface area contributed by atoms with Gasteiger partial charge < -0.3 is 9.67 Å². The molecule has 1 aromatic heterocycles. The highest BCUT2D eigenvalue weighted by molar-refractivity contribution is 6.35. The van der Waals surface area contributed by atoms with Crippen LogP contribution in [0.3, 0.4) is 0 Å². The Morgan fingerprint density at radius 2 is 2.27 bits per heavy atom. The largest absolute Gasteiger partial charge is 0.480 e. The van der Waals surface area contributed by atoms with Gasteiger partial charge in [-0.15, -0.1) is 0 Å². The molecule has 0 saturated carbocycles. The monoisotopic (exact) mass is 223 g/mol. The van der Waals surface area contributed by atoms with E-state index in [1.165, 1.54) is 0 Å². The Kier molecular flexibility index (Phi) is 2.40. The molecule has 0 spiro atoms. The summed E-state index contributed by atoms with van der Waals surface area (Å²) in [6.07, 6.45) is 1.66. The van der Waals surface area contributed by atoms with Crippen molar-refractivity contribution in [3.8, 4) is 0 Å². The van der Waals surface area contributed by atoms with Crippen molar-refractivity contribution in [1.82, 2.24) is 4.57 Å². The van der Waals surface area contributed by atoms with Crippen LogP contribution in [0.25, 0.3) is 10.9 Å². The minimum Gasteiger partial charge on any atom is -0.480 e. The van der Waals surface area contributed by atoms with Gasteiger partial charge in [-0.3, -0.25) is 4.79 Å². The van der Waals surface area contributed by atoms with Crippen molar-refractivity contribution in [3.05, 3.63) is 35.0 Å². The van der Waals surface area contributed by atoms with Gasteiger partial charge in [-0.05, 0) is 18.6 Å². The first kappa shape index (κ1) is 10.1. The topological polar surface area (TPSA) is 42.2 Å². The predicted octanol–water partition coefficient (Wildman–Crippen LogP) is 2.69. The van der Waals surface area contributed by atoms with Gasteiger partial charge in [0.2, 0.25) is 0 Å². The van der Waals surface area contributed by atoms with Crippen LogP contribution in [0.4, 0.5) is 0 Å². The molecule has 0 bridgehead atoms. The summed E-state index contributed by atoms with van der Waals surface area (Å²) in [5, 5.41) is 10.3. The molecule has 3 nitrogen and oxygen atoms in total. The van der Waals surface area contributed by atoms with Gasteiger partial charge in [0.25, 0.3) is 0 Å². The Hall–Kier alpha value is -1.48. The fraction of sp³-hybridized carbons (Fsp3) is 0.182. The minimum absolute atomic E-state index is 0.0628. The Morgan fingerprint density at radius 3 is 2.93 bits per heavy atom. The van der Waals surface area contributed by atoms with Gasteiger partial charge in [0.05, 0.1) is 10.5 Å². The SMILES string of the molecule is Cc1cccc2c1c(Cl)cn2CC(=O)O. The summed E-state index contributed by atoms with van der Waals surface area (Å²) >= 11 is 6.05. The van der Waals surface area contributed by atoms with E-state index in [0.29, 0.717) is 5.02 Å². The van der Waals surface area contributed by atoms with E-state index in [4.69, 9.17) is 16.7 Å². The number of hydrogen-bond acceptors (Lipinski definition) is 1. The maximum atomic E-state index is 10.6. The number of carbonyl (C=O) groups is 1. The number of benzene rings is 1. The van der Waals surface area contributed by atoms with E-state index in [2.05, 4.69) is 0 Å². The molecular formula is C11H10ClNO2. The zero-order valence-electron chi connectivity index (χ0n) is 8.20. The second-order valence-electron chi connectivity index (χ2n) is 3.47. The van der Waals surface area contributed by atoms with Crippen LogP contribution in [0.5, 0.6) is 0 Å². The van der Waals surface area contributed by atoms with E-state index in [0.717, 1.165) is 16.5 Å². The van der Waals surface area contributed by atoms with Gasteiger partial charge in [-0.1, -0.05) is 23.7 Å². The van der Waals surface area contributed by atoms with Gasteiger partial charge in [-0.25, -0.2) is 0 Å². The van der Waals surface area contributed by atoms with E-state index in [1.54, 1.807) is 10.8 Å². The molecule has 0 aliphatic carbocycles. The zero-order chi connectivity index (χ0) is 11.0. The van der Waals surface area contributed by atoms with Crippen molar-refractivity contribution in [1.29, 1.82) is 0 Å². The number of fused-ring (bicyclic) bond motifs is 1. The third-order valence-electron chi connectivity index (χ3n) is 2.37. The molecule has 1 aromatic carbocycles. The first-order valence-electron chi connectivity index (χ1n) is 4.55. The lowest BCUT2D eigenvalue weighted by Crippen LogP contribution is -2.07. The minimum atomic E-state index is -0.870. The molecule has 4 heteroatoms. The predicted molar refractivity (Wildman–Crippen MR) is 59.3 cm³/mol. The number of aromatic nitrogens is 1. The van der Waals surface area contributed by atoms with Gasteiger partial charge >= 0.3 is 5.97 Å². The highest BCUT2D eigenvalue weighted by Crippen LogP contribution is 2.28. The molecule has 0 amide bonds. The first-order chi connectivity index (χ1) is 7.09. The van der Waals surface area contributed by atoms with E-state index in [1.807, 2.05) is 25.1 Å². The van der Waals surface area contributed by atoms with Crippen LogP contribution in [-0.2, 0) is 11.3 Å². The Balaban J connectivity index is 2.68. The van der Waals surface area contributed by atoms with Crippen LogP contribution in [-0.4, -0.2) is 15.6 Å². The summed E-state index contributed by atoms with van der Waals surface area (Å²) in [5.41, 5.74) is 1.92. The molecule has 0 saturated heterocycles. The van der Waals surface area contributed by atoms with Crippen LogP contribution in [0.2, 0.25) is 5.02 Å². The van der Waals surface area contributed by atoms with Crippen molar-refractivity contribution >= 4 is 28.5 Å². The van der Waals surface area contributed by atoms with Crippen LogP contribution in [0, 0.1) is 6.92 Å². The van der Waals surface area contributed by atoms with Gasteiger partial charge in [0, 0.05) is 11.6 Å². The lowest BCUT2D eigenvalue weighted by atomic mass is 10.1. The molecule has 78 valence electrons. The molecule has 1 N–H and O–H groups in total. The maximum absolute atomic E-state index is 10.6. The number of carboxylic acid groups (broad SMARTS) is 1. The van der Waals surface area contributed by atoms with Gasteiger partial charge in [0.1, 0.15) is 6.54 Å². The molecule has 0 aliphatic heterocycles. The molecule has 0 radical (unpaired) electrons. The average molecular weight is 224 g/mol. The van der Waals surface area contributed by atoms with E-state index in [-0.39, 0.29) is 6.54 Å². The normalized spacial score (nSPS) is 10.8. The second kappa shape index (κ2) is 3.59. The second-order valence-corrected chi connectivity index (χ2v) is 3.87. The summed E-state index contributed by atoms with van der Waals surface area (Å²) in [6.45, 7) is 1.89. The Morgan fingerprint density at radius 1 is 1.53 bits per heavy atom. The molecule has 15 heavy (non-hydrogen) atoms. The van der Waals surface area contributed by atoms with Crippen molar-refractivity contribution in [3.63, 3.8) is 0 Å². The summed E-state index contributed by atoms with van der Waals surface area (Å²) in [4.78, 5) is 10.6. The number of rotatable bonds is 2. The van der Waals surface area contributed by atoms with E-state index >= 15 is 0 Å². The maximum Gasteiger partial charge on any atom is 0.323 e. The van der Waals surface area contributed by atoms with Gasteiger partial charge in [0.15, 0.2) is 0 Å². The number of aliphatic carboxylic acids is 1. The number of nitrogens with zero attached hydrogens (tertiary/aromatic N) is 1. The van der Waals surface area contributed by atoms with Crippen molar-refractivity contribution in [2.24, 2.45) is 0 Å². The molecule has 0 atom stereocenters. The third-order valence-corrected chi connectivity index (χ3v) is 2.66. The molecular weight excluding hydrogens is 214 g/mol. The summed E-state index contributed by atoms with van der Waals surface area (Å²) in [7, 11) is 0. The van der Waals surface area contributed by atoms with Crippen LogP contribution >= 0.6 is 11.6 Å². The Bertz CT molecular complexity index is 531. The lowest BCUT2D eigenvalue weighted by molar-refractivity contribution is -0.137. The highest BCUT2D eigenvalue weighted by atomic mass is 35.5. The summed E-state index contributed by atoms with van der Waals surface area (Å²) < 4.78 is 1.65. The molecule has 2 rings (SSSR count). The fourth-order valence-corrected chi connectivity index (χ4v) is 2.11. The highest BCUT2D eigenvalue weighted by Gasteiger charge is 2.10. The number of carboxylic acids is 1. The first-order valence-corrected chi connectivity index (χ1v) is 4.93. The van der Waals surface area contributed by atoms with Crippen LogP contribution in [0.1, 0.15) is 5.56 Å². The standard InChI is InChI=1S/C11H10ClNO2/c1-7-3-2-4-9-11(7)8(12)5-13(9)6-10(14)15/h2-5H,6H2,1H3,(H,14,15). The molecule has 1 heterocycles. The number of hydrogen-bond donors (Lipinski definition) is 1. The molecule has 0 unspecified atom stereocenters. The average Bonchev–Trinajstić information content (AvgIpc) is 2.44. The zero-order valence-corrected chi connectivity index (χ0v) is 8.95. The van der Waals surface area contributed by atoms with Crippen molar-refractivity contribution in [2.75, 3.05) is 0 Å². The molecule has 0 fully saturated rings. The third kappa shape index (κ3) is 1.70. The Labute approximate surface area is 91.9 Å². The van der Waals surface area contributed by atoms with E-state index in [9.17, 15) is 4.79 Å². The van der Waals surface area contributed by atoms with Gasteiger partial charge in [-0.2, -0.15) is 0 Å². The molecule has 0 aliphatic rings. The summed E-state index contributed by atoms with van der Waals surface area (Å²) in [5.74, 6) is -0.870. The number of halogens is 1. The van der Waals surface area contributed by atoms with Crippen LogP contribution in [0.15, 0.2) is 24.4 Å². The quantitative estimate of drug-likeness (QED) is 0.851. The summed E-state index contributed by atoms with van der Waals surface area (Å²) in [6, 6.07) is 5.73. The smallest absolute Gasteiger partial charge is 0.323 e.